The van der Waals surface area contributed by atoms with Crippen molar-refractivity contribution in [3.8, 4) is 5.75 Å². The minimum Gasteiger partial charge on any atom is -0.487 e. The highest BCUT2D eigenvalue weighted by molar-refractivity contribution is 6.04. The number of hydrogen-bond acceptors (Lipinski definition) is 3. The second-order valence-electron chi connectivity index (χ2n) is 4.58. The highest BCUT2D eigenvalue weighted by atomic mass is 16.5. The van der Waals surface area contributed by atoms with E-state index in [-0.39, 0.29) is 5.60 Å². The summed E-state index contributed by atoms with van der Waals surface area (Å²) in [7, 11) is 0. The van der Waals surface area contributed by atoms with Crippen molar-refractivity contribution in [3.05, 3.63) is 29.3 Å². The fourth-order valence-corrected chi connectivity index (χ4v) is 1.87. The van der Waals surface area contributed by atoms with Crippen molar-refractivity contribution < 1.29 is 9.94 Å². The molecule has 0 atom stereocenters. The van der Waals surface area contributed by atoms with Gasteiger partial charge in [-0.1, -0.05) is 11.2 Å². The Morgan fingerprint density at radius 1 is 1.40 bits per heavy atom. The number of nitrogens with zero attached hydrogens (tertiary/aromatic N) is 1. The van der Waals surface area contributed by atoms with Crippen LogP contribution < -0.4 is 4.74 Å². The van der Waals surface area contributed by atoms with Gasteiger partial charge in [0.1, 0.15) is 11.4 Å². The monoisotopic (exact) mass is 205 g/mol. The highest BCUT2D eigenvalue weighted by Gasteiger charge is 2.31. The molecule has 0 saturated carbocycles. The zero-order chi connectivity index (χ0) is 11.1. The molecule has 80 valence electrons. The zero-order valence-electron chi connectivity index (χ0n) is 9.24. The van der Waals surface area contributed by atoms with Crippen LogP contribution >= 0.6 is 0 Å². The summed E-state index contributed by atoms with van der Waals surface area (Å²) in [5.41, 5.74) is 2.43. The number of hydrogen-bond donors (Lipinski definition) is 1. The van der Waals surface area contributed by atoms with Crippen molar-refractivity contribution in [2.24, 2.45) is 5.16 Å². The average molecular weight is 205 g/mol. The fraction of sp³-hybridized carbons (Fsp3) is 0.417. The maximum absolute atomic E-state index is 8.97. The second-order valence-corrected chi connectivity index (χ2v) is 4.58. The van der Waals surface area contributed by atoms with Crippen molar-refractivity contribution >= 4 is 5.71 Å². The molecule has 1 aliphatic rings. The van der Waals surface area contributed by atoms with Gasteiger partial charge in [0.2, 0.25) is 0 Å². The summed E-state index contributed by atoms with van der Waals surface area (Å²) in [6.07, 6.45) is 0.625. The number of aryl methyl sites for hydroxylation is 1. The molecular weight excluding hydrogens is 190 g/mol. The van der Waals surface area contributed by atoms with Crippen LogP contribution in [0.4, 0.5) is 0 Å². The smallest absolute Gasteiger partial charge is 0.129 e. The fourth-order valence-electron chi connectivity index (χ4n) is 1.87. The summed E-state index contributed by atoms with van der Waals surface area (Å²) in [6.45, 7) is 5.99. The summed E-state index contributed by atoms with van der Waals surface area (Å²) in [4.78, 5) is 0. The molecule has 1 heterocycles. The van der Waals surface area contributed by atoms with Crippen LogP contribution in [-0.2, 0) is 0 Å². The largest absolute Gasteiger partial charge is 0.487 e. The first-order valence-electron chi connectivity index (χ1n) is 5.03. The summed E-state index contributed by atoms with van der Waals surface area (Å²) >= 11 is 0. The van der Waals surface area contributed by atoms with Crippen molar-refractivity contribution in [1.29, 1.82) is 0 Å². The van der Waals surface area contributed by atoms with E-state index in [0.29, 0.717) is 12.1 Å². The molecule has 0 saturated heterocycles. The molecule has 0 aliphatic carbocycles. The Morgan fingerprint density at radius 3 is 2.80 bits per heavy atom. The molecule has 0 spiro atoms. The number of benzene rings is 1. The molecule has 0 unspecified atom stereocenters. The van der Waals surface area contributed by atoms with Gasteiger partial charge in [-0.2, -0.15) is 0 Å². The lowest BCUT2D eigenvalue weighted by atomic mass is 9.92. The molecule has 0 radical (unpaired) electrons. The van der Waals surface area contributed by atoms with Crippen LogP contribution in [0.3, 0.4) is 0 Å². The van der Waals surface area contributed by atoms with E-state index in [2.05, 4.69) is 5.16 Å². The Labute approximate surface area is 89.4 Å². The van der Waals surface area contributed by atoms with E-state index < -0.39 is 0 Å². The van der Waals surface area contributed by atoms with Gasteiger partial charge in [0.25, 0.3) is 0 Å². The Balaban J connectivity index is 2.54. The number of ether oxygens (including phenoxy) is 1. The van der Waals surface area contributed by atoms with Gasteiger partial charge in [-0.25, -0.2) is 0 Å². The summed E-state index contributed by atoms with van der Waals surface area (Å²) < 4.78 is 5.84. The molecule has 0 fully saturated rings. The van der Waals surface area contributed by atoms with Crippen molar-refractivity contribution in [2.75, 3.05) is 0 Å². The average Bonchev–Trinajstić information content (AvgIpc) is 2.14. The molecule has 1 aromatic carbocycles. The number of oxime groups is 1. The van der Waals surface area contributed by atoms with Gasteiger partial charge >= 0.3 is 0 Å². The normalized spacial score (nSPS) is 20.9. The summed E-state index contributed by atoms with van der Waals surface area (Å²) in [6, 6.07) is 5.90. The molecule has 2 rings (SSSR count). The molecule has 15 heavy (non-hydrogen) atoms. The minimum absolute atomic E-state index is 0.303. The van der Waals surface area contributed by atoms with Gasteiger partial charge in [0, 0.05) is 12.0 Å². The van der Waals surface area contributed by atoms with Gasteiger partial charge in [0.05, 0.1) is 5.71 Å². The van der Waals surface area contributed by atoms with E-state index in [4.69, 9.17) is 9.94 Å². The van der Waals surface area contributed by atoms with Crippen LogP contribution in [0.2, 0.25) is 0 Å². The molecule has 1 aromatic rings. The molecule has 1 aliphatic heterocycles. The van der Waals surface area contributed by atoms with Crippen molar-refractivity contribution in [1.82, 2.24) is 0 Å². The topological polar surface area (TPSA) is 41.8 Å². The Bertz CT molecular complexity index is 422. The second kappa shape index (κ2) is 3.26. The predicted molar refractivity (Wildman–Crippen MR) is 58.8 cm³/mol. The van der Waals surface area contributed by atoms with Crippen LogP contribution in [0, 0.1) is 6.92 Å². The van der Waals surface area contributed by atoms with Crippen molar-refractivity contribution in [2.45, 2.75) is 32.8 Å². The van der Waals surface area contributed by atoms with Gasteiger partial charge in [-0.05, 0) is 38.5 Å². The summed E-state index contributed by atoms with van der Waals surface area (Å²) in [5, 5.41) is 12.3. The Hall–Kier alpha value is -1.51. The highest BCUT2D eigenvalue weighted by Crippen LogP contribution is 2.33. The predicted octanol–water partition coefficient (Wildman–Crippen LogP) is 2.73. The van der Waals surface area contributed by atoms with Gasteiger partial charge in [-0.3, -0.25) is 0 Å². The lowest BCUT2D eigenvalue weighted by Crippen LogP contribution is -2.36. The van der Waals surface area contributed by atoms with Crippen LogP contribution in [0.1, 0.15) is 31.4 Å². The molecular formula is C12H15NO2. The number of rotatable bonds is 0. The van der Waals surface area contributed by atoms with Crippen molar-refractivity contribution in [3.63, 3.8) is 0 Å². The first-order valence-corrected chi connectivity index (χ1v) is 5.03. The Kier molecular flexibility index (Phi) is 2.18. The van der Waals surface area contributed by atoms with E-state index >= 15 is 0 Å². The van der Waals surface area contributed by atoms with Crippen LogP contribution in [-0.4, -0.2) is 16.5 Å². The molecule has 3 nitrogen and oxygen atoms in total. The van der Waals surface area contributed by atoms with E-state index in [1.54, 1.807) is 0 Å². The summed E-state index contributed by atoms with van der Waals surface area (Å²) in [5.74, 6) is 0.805. The third kappa shape index (κ3) is 1.82. The Morgan fingerprint density at radius 2 is 2.13 bits per heavy atom. The van der Waals surface area contributed by atoms with Crippen LogP contribution in [0.5, 0.6) is 5.75 Å². The van der Waals surface area contributed by atoms with E-state index in [0.717, 1.165) is 16.9 Å². The maximum atomic E-state index is 8.97. The molecule has 1 N–H and O–H groups in total. The van der Waals surface area contributed by atoms with E-state index in [9.17, 15) is 0 Å². The first kappa shape index (κ1) is 10.0. The van der Waals surface area contributed by atoms with Crippen LogP contribution in [0.25, 0.3) is 0 Å². The minimum atomic E-state index is -0.303. The molecule has 3 heteroatoms. The van der Waals surface area contributed by atoms with Gasteiger partial charge < -0.3 is 9.94 Å². The number of fused-ring (bicyclic) bond motifs is 1. The van der Waals surface area contributed by atoms with Crippen LogP contribution in [0.15, 0.2) is 23.4 Å². The van der Waals surface area contributed by atoms with Gasteiger partial charge in [0.15, 0.2) is 0 Å². The molecule has 0 amide bonds. The quantitative estimate of drug-likeness (QED) is 0.522. The lowest BCUT2D eigenvalue weighted by Gasteiger charge is -2.32. The molecule has 0 aromatic heterocycles. The van der Waals surface area contributed by atoms with Gasteiger partial charge in [-0.15, -0.1) is 0 Å². The third-order valence-corrected chi connectivity index (χ3v) is 2.55. The molecule has 0 bridgehead atoms. The van der Waals surface area contributed by atoms with E-state index in [1.165, 1.54) is 0 Å². The maximum Gasteiger partial charge on any atom is 0.129 e. The third-order valence-electron chi connectivity index (χ3n) is 2.55. The standard InChI is InChI=1S/C12H15NO2/c1-8-4-5-9-10(13-14)7-12(2,3)15-11(9)6-8/h4-6,14H,7H2,1-3H3/b13-10+. The first-order chi connectivity index (χ1) is 7.02. The van der Waals surface area contributed by atoms with E-state index in [1.807, 2.05) is 39.0 Å². The SMILES string of the molecule is Cc1ccc2c(c1)OC(C)(C)C/C2=N\O. The lowest BCUT2D eigenvalue weighted by molar-refractivity contribution is 0.109. The zero-order valence-corrected chi connectivity index (χ0v) is 9.24.